The molecular formula is C15H20O4. The zero-order valence-corrected chi connectivity index (χ0v) is 11.5. The topological polar surface area (TPSA) is 74.6 Å². The van der Waals surface area contributed by atoms with E-state index in [4.69, 9.17) is 5.11 Å². The van der Waals surface area contributed by atoms with Gasteiger partial charge in [-0.15, -0.1) is 0 Å². The Labute approximate surface area is 112 Å². The number of carboxylic acid groups (broad SMARTS) is 1. The highest BCUT2D eigenvalue weighted by molar-refractivity contribution is 6.08. The fourth-order valence-corrected chi connectivity index (χ4v) is 3.07. The average molecular weight is 264 g/mol. The molecular weight excluding hydrogens is 244 g/mol. The molecule has 0 heterocycles. The number of ketones is 1. The van der Waals surface area contributed by atoms with E-state index in [0.29, 0.717) is 12.0 Å². The molecule has 2 rings (SSSR count). The van der Waals surface area contributed by atoms with Gasteiger partial charge in [-0.25, -0.2) is 0 Å². The second-order valence-electron chi connectivity index (χ2n) is 5.90. The minimum absolute atomic E-state index is 0.282. The smallest absolute Gasteiger partial charge is 0.310 e. The molecule has 19 heavy (non-hydrogen) atoms. The first-order chi connectivity index (χ1) is 8.77. The van der Waals surface area contributed by atoms with E-state index < -0.39 is 23.4 Å². The van der Waals surface area contributed by atoms with Gasteiger partial charge in [0.15, 0.2) is 5.78 Å². The molecule has 2 N–H and O–H groups in total. The number of aliphatic carboxylic acids is 1. The number of aliphatic hydroxyl groups excluding tert-OH is 1. The van der Waals surface area contributed by atoms with Crippen LogP contribution in [-0.2, 0) is 9.59 Å². The first-order valence-electron chi connectivity index (χ1n) is 6.67. The summed E-state index contributed by atoms with van der Waals surface area (Å²) >= 11 is 0. The predicted octanol–water partition coefficient (Wildman–Crippen LogP) is 1.94. The summed E-state index contributed by atoms with van der Waals surface area (Å²) in [5, 5.41) is 19.2. The van der Waals surface area contributed by atoms with Crippen LogP contribution in [0.5, 0.6) is 0 Å². The molecule has 1 saturated carbocycles. The summed E-state index contributed by atoms with van der Waals surface area (Å²) in [4.78, 5) is 23.2. The highest BCUT2D eigenvalue weighted by atomic mass is 16.4. The van der Waals surface area contributed by atoms with Gasteiger partial charge in [-0.05, 0) is 37.3 Å². The Morgan fingerprint density at radius 2 is 2.11 bits per heavy atom. The van der Waals surface area contributed by atoms with Crippen molar-refractivity contribution < 1.29 is 19.8 Å². The van der Waals surface area contributed by atoms with E-state index in [-0.39, 0.29) is 11.7 Å². The lowest BCUT2D eigenvalue weighted by Gasteiger charge is -2.44. The number of carbonyl (C=O) groups excluding carboxylic acids is 1. The lowest BCUT2D eigenvalue weighted by molar-refractivity contribution is -0.140. The van der Waals surface area contributed by atoms with E-state index in [1.54, 1.807) is 6.08 Å². The highest BCUT2D eigenvalue weighted by Crippen LogP contribution is 2.49. The quantitative estimate of drug-likeness (QED) is 0.799. The standard InChI is InChI=1S/C15H20O4/c1-8-4-5-12(16)11-6-13(17)10(7-15(8,11)3)9(2)14(18)19/h6-9,12,16H,4-5H2,1-3H3,(H,18,19)/t8-,9?,12-,15+/m0/s1. The Balaban J connectivity index is 2.47. The molecule has 0 aliphatic heterocycles. The fourth-order valence-electron chi connectivity index (χ4n) is 3.07. The van der Waals surface area contributed by atoms with E-state index in [9.17, 15) is 14.7 Å². The van der Waals surface area contributed by atoms with Crippen molar-refractivity contribution in [2.24, 2.45) is 17.3 Å². The van der Waals surface area contributed by atoms with E-state index in [1.807, 2.05) is 6.92 Å². The van der Waals surface area contributed by atoms with Gasteiger partial charge in [0.2, 0.25) is 0 Å². The molecule has 2 aliphatic carbocycles. The fraction of sp³-hybridized carbons (Fsp3) is 0.600. The number of hydrogen-bond acceptors (Lipinski definition) is 3. The molecule has 0 spiro atoms. The van der Waals surface area contributed by atoms with Crippen LogP contribution in [-0.4, -0.2) is 28.1 Å². The van der Waals surface area contributed by atoms with Gasteiger partial charge < -0.3 is 10.2 Å². The first kappa shape index (κ1) is 14.0. The molecule has 1 unspecified atom stereocenters. The number of carbonyl (C=O) groups is 2. The average Bonchev–Trinajstić information content (AvgIpc) is 2.35. The minimum atomic E-state index is -0.996. The van der Waals surface area contributed by atoms with Gasteiger partial charge in [-0.3, -0.25) is 9.59 Å². The molecule has 0 radical (unpaired) electrons. The van der Waals surface area contributed by atoms with Gasteiger partial charge >= 0.3 is 5.97 Å². The third-order valence-electron chi connectivity index (χ3n) is 4.74. The zero-order chi connectivity index (χ0) is 14.4. The number of fused-ring (bicyclic) bond motifs is 1. The van der Waals surface area contributed by atoms with Gasteiger partial charge in [-0.2, -0.15) is 0 Å². The Morgan fingerprint density at radius 3 is 2.68 bits per heavy atom. The van der Waals surface area contributed by atoms with Crippen LogP contribution in [0.4, 0.5) is 0 Å². The summed E-state index contributed by atoms with van der Waals surface area (Å²) in [6.07, 6.45) is 4.16. The first-order valence-corrected chi connectivity index (χ1v) is 6.67. The number of rotatable bonds is 2. The second kappa shape index (κ2) is 4.60. The maximum Gasteiger partial charge on any atom is 0.310 e. The number of aliphatic hydroxyl groups is 1. The molecule has 0 aromatic heterocycles. The number of allylic oxidation sites excluding steroid dienone is 2. The maximum atomic E-state index is 12.1. The monoisotopic (exact) mass is 264 g/mol. The number of carboxylic acids is 1. The highest BCUT2D eigenvalue weighted by Gasteiger charge is 2.44. The van der Waals surface area contributed by atoms with Crippen LogP contribution < -0.4 is 0 Å². The molecule has 4 heteroatoms. The zero-order valence-electron chi connectivity index (χ0n) is 11.5. The van der Waals surface area contributed by atoms with Crippen LogP contribution >= 0.6 is 0 Å². The Morgan fingerprint density at radius 1 is 1.47 bits per heavy atom. The van der Waals surface area contributed by atoms with Crippen LogP contribution in [0, 0.1) is 17.3 Å². The van der Waals surface area contributed by atoms with Crippen molar-refractivity contribution in [3.63, 3.8) is 0 Å². The summed E-state index contributed by atoms with van der Waals surface area (Å²) < 4.78 is 0. The lowest BCUT2D eigenvalue weighted by Crippen LogP contribution is -2.41. The SMILES string of the molecule is CC(C(=O)O)C1=C[C@@]2(C)C(=CC1=O)[C@@H](O)CC[C@@H]2C. The summed E-state index contributed by atoms with van der Waals surface area (Å²) in [5.41, 5.74) is 0.655. The molecule has 0 saturated heterocycles. The van der Waals surface area contributed by atoms with Crippen molar-refractivity contribution in [2.45, 2.75) is 39.7 Å². The van der Waals surface area contributed by atoms with Crippen molar-refractivity contribution >= 4 is 11.8 Å². The molecule has 0 bridgehead atoms. The van der Waals surface area contributed by atoms with Crippen LogP contribution in [0.1, 0.15) is 33.6 Å². The van der Waals surface area contributed by atoms with Gasteiger partial charge in [0, 0.05) is 11.0 Å². The molecule has 0 aromatic rings. The molecule has 1 fully saturated rings. The molecule has 104 valence electrons. The van der Waals surface area contributed by atoms with E-state index in [0.717, 1.165) is 12.0 Å². The van der Waals surface area contributed by atoms with Crippen molar-refractivity contribution in [1.82, 2.24) is 0 Å². The number of hydrogen-bond donors (Lipinski definition) is 2. The van der Waals surface area contributed by atoms with Crippen LogP contribution in [0.2, 0.25) is 0 Å². The van der Waals surface area contributed by atoms with E-state index in [1.165, 1.54) is 13.0 Å². The molecule has 4 atom stereocenters. The lowest BCUT2D eigenvalue weighted by atomic mass is 9.60. The van der Waals surface area contributed by atoms with Crippen molar-refractivity contribution in [1.29, 1.82) is 0 Å². The third kappa shape index (κ3) is 2.14. The molecule has 0 aromatic carbocycles. The third-order valence-corrected chi connectivity index (χ3v) is 4.74. The predicted molar refractivity (Wildman–Crippen MR) is 70.5 cm³/mol. The summed E-state index contributed by atoms with van der Waals surface area (Å²) in [7, 11) is 0. The Bertz CT molecular complexity index is 488. The molecule has 4 nitrogen and oxygen atoms in total. The van der Waals surface area contributed by atoms with Gasteiger partial charge in [-0.1, -0.05) is 19.9 Å². The molecule has 2 aliphatic rings. The summed E-state index contributed by atoms with van der Waals surface area (Å²) in [6, 6.07) is 0. The van der Waals surface area contributed by atoms with Crippen LogP contribution in [0.25, 0.3) is 0 Å². The van der Waals surface area contributed by atoms with Gasteiger partial charge in [0.1, 0.15) is 0 Å². The van der Waals surface area contributed by atoms with Crippen molar-refractivity contribution in [3.05, 3.63) is 23.3 Å². The Kier molecular flexibility index (Phi) is 3.39. The van der Waals surface area contributed by atoms with E-state index >= 15 is 0 Å². The maximum absolute atomic E-state index is 12.1. The summed E-state index contributed by atoms with van der Waals surface area (Å²) in [5.74, 6) is -1.81. The summed E-state index contributed by atoms with van der Waals surface area (Å²) in [6.45, 7) is 5.58. The van der Waals surface area contributed by atoms with Crippen molar-refractivity contribution in [2.75, 3.05) is 0 Å². The van der Waals surface area contributed by atoms with Gasteiger partial charge in [0.25, 0.3) is 0 Å². The van der Waals surface area contributed by atoms with Crippen LogP contribution in [0.15, 0.2) is 23.3 Å². The van der Waals surface area contributed by atoms with Crippen molar-refractivity contribution in [3.8, 4) is 0 Å². The second-order valence-corrected chi connectivity index (χ2v) is 5.90. The normalized spacial score (nSPS) is 36.1. The van der Waals surface area contributed by atoms with Gasteiger partial charge in [0.05, 0.1) is 12.0 Å². The van der Waals surface area contributed by atoms with E-state index in [2.05, 4.69) is 6.92 Å². The Hall–Kier alpha value is -1.42. The van der Waals surface area contributed by atoms with Crippen LogP contribution in [0.3, 0.4) is 0 Å². The largest absolute Gasteiger partial charge is 0.481 e. The minimum Gasteiger partial charge on any atom is -0.481 e. The molecule has 0 amide bonds.